The van der Waals surface area contributed by atoms with Gasteiger partial charge in [-0.2, -0.15) is 21.4 Å². The van der Waals surface area contributed by atoms with Crippen LogP contribution in [0.2, 0.25) is 0 Å². The lowest BCUT2D eigenvalue weighted by atomic mass is 10.1. The molecule has 0 amide bonds. The monoisotopic (exact) mass is 402 g/mol. The van der Waals surface area contributed by atoms with Crippen LogP contribution in [0.5, 0.6) is 0 Å². The maximum absolute atomic E-state index is 12.4. The highest BCUT2D eigenvalue weighted by molar-refractivity contribution is 7.87. The molecule has 3 aromatic rings. The molecule has 0 bridgehead atoms. The Hall–Kier alpha value is -1.59. The van der Waals surface area contributed by atoms with Crippen molar-refractivity contribution in [2.75, 3.05) is 7.11 Å². The van der Waals surface area contributed by atoms with E-state index in [1.165, 1.54) is 29.5 Å². The summed E-state index contributed by atoms with van der Waals surface area (Å²) in [6, 6.07) is 5.40. The minimum absolute atomic E-state index is 0.136. The molecule has 0 aliphatic rings. The van der Waals surface area contributed by atoms with Gasteiger partial charge in [0.1, 0.15) is 16.1 Å². The molecule has 0 radical (unpaired) electrons. The van der Waals surface area contributed by atoms with E-state index in [9.17, 15) is 21.4 Å². The number of fused-ring (bicyclic) bond motifs is 3. The van der Waals surface area contributed by atoms with Crippen LogP contribution in [0.3, 0.4) is 0 Å². The first kappa shape index (κ1) is 18.2. The number of hydrogen-bond donors (Lipinski definition) is 1. The third-order valence-corrected chi connectivity index (χ3v) is 7.34. The van der Waals surface area contributed by atoms with Crippen molar-refractivity contribution in [1.29, 1.82) is 0 Å². The molecule has 0 aliphatic carbocycles. The first-order chi connectivity index (χ1) is 11.6. The molecular formula is C15H16NO6S3+. The Morgan fingerprint density at radius 3 is 2.40 bits per heavy atom. The fourth-order valence-electron chi connectivity index (χ4n) is 2.86. The van der Waals surface area contributed by atoms with E-state index in [4.69, 9.17) is 0 Å². The van der Waals surface area contributed by atoms with Gasteiger partial charge in [-0.1, -0.05) is 17.4 Å². The zero-order valence-corrected chi connectivity index (χ0v) is 16.1. The van der Waals surface area contributed by atoms with Crippen molar-refractivity contribution in [2.24, 2.45) is 0 Å². The van der Waals surface area contributed by atoms with Gasteiger partial charge in [0, 0.05) is 23.8 Å². The Balaban J connectivity index is 2.59. The number of nitrogens with zero attached hydrogens (tertiary/aromatic N) is 1. The van der Waals surface area contributed by atoms with Crippen LogP contribution in [0.4, 0.5) is 0 Å². The number of thiazole rings is 1. The van der Waals surface area contributed by atoms with Gasteiger partial charge < -0.3 is 0 Å². The molecule has 25 heavy (non-hydrogen) atoms. The lowest BCUT2D eigenvalue weighted by Gasteiger charge is -2.08. The molecule has 0 saturated carbocycles. The van der Waals surface area contributed by atoms with Crippen molar-refractivity contribution in [1.82, 2.24) is 0 Å². The van der Waals surface area contributed by atoms with Gasteiger partial charge >= 0.3 is 0 Å². The number of aromatic nitrogens is 1. The van der Waals surface area contributed by atoms with E-state index in [1.54, 1.807) is 0 Å². The minimum Gasteiger partial charge on any atom is -0.282 e. The van der Waals surface area contributed by atoms with E-state index in [0.717, 1.165) is 28.4 Å². The second kappa shape index (κ2) is 5.99. The van der Waals surface area contributed by atoms with Crippen molar-refractivity contribution in [3.63, 3.8) is 0 Å². The minimum atomic E-state index is -4.46. The summed E-state index contributed by atoms with van der Waals surface area (Å²) < 4.78 is 64.4. The van der Waals surface area contributed by atoms with Crippen LogP contribution in [0.1, 0.15) is 11.9 Å². The smallest absolute Gasteiger partial charge is 0.282 e. The van der Waals surface area contributed by atoms with Crippen molar-refractivity contribution in [3.05, 3.63) is 29.3 Å². The zero-order valence-electron chi connectivity index (χ0n) is 13.7. The highest BCUT2D eigenvalue weighted by atomic mass is 32.2. The average molecular weight is 402 g/mol. The highest BCUT2D eigenvalue weighted by Crippen LogP contribution is 2.35. The zero-order chi connectivity index (χ0) is 18.6. The number of hydrogen-bond acceptors (Lipinski definition) is 6. The summed E-state index contributed by atoms with van der Waals surface area (Å²) in [5.74, 6) is 0. The summed E-state index contributed by atoms with van der Waals surface area (Å²) >= 11 is 1.49. The van der Waals surface area contributed by atoms with E-state index in [0.29, 0.717) is 11.9 Å². The Kier molecular flexibility index (Phi) is 4.36. The highest BCUT2D eigenvalue weighted by Gasteiger charge is 2.26. The topological polar surface area (TPSA) is 102 Å². The first-order valence-corrected chi connectivity index (χ1v) is 10.9. The summed E-state index contributed by atoms with van der Waals surface area (Å²) in [7, 11) is -7.49. The normalized spacial score (nSPS) is 13.0. The van der Waals surface area contributed by atoms with Gasteiger partial charge in [0.05, 0.1) is 12.0 Å². The molecule has 1 heterocycles. The molecule has 0 spiro atoms. The van der Waals surface area contributed by atoms with Crippen LogP contribution in [0, 0.1) is 6.92 Å². The van der Waals surface area contributed by atoms with Crippen molar-refractivity contribution < 1.29 is 30.1 Å². The predicted octanol–water partition coefficient (Wildman–Crippen LogP) is 2.25. The Morgan fingerprint density at radius 2 is 1.84 bits per heavy atom. The third kappa shape index (κ3) is 2.93. The van der Waals surface area contributed by atoms with Gasteiger partial charge in [-0.25, -0.2) is 0 Å². The number of aryl methyl sites for hydroxylation is 2. The van der Waals surface area contributed by atoms with Gasteiger partial charge in [-0.3, -0.25) is 8.74 Å². The van der Waals surface area contributed by atoms with Crippen molar-refractivity contribution in [3.8, 4) is 0 Å². The molecule has 1 N–H and O–H groups in total. The van der Waals surface area contributed by atoms with Gasteiger partial charge in [-0.05, 0) is 19.1 Å². The maximum atomic E-state index is 12.4. The van der Waals surface area contributed by atoms with Crippen LogP contribution in [0.15, 0.2) is 34.1 Å². The van der Waals surface area contributed by atoms with Crippen molar-refractivity contribution in [2.45, 2.75) is 30.2 Å². The van der Waals surface area contributed by atoms with Gasteiger partial charge in [0.25, 0.3) is 20.2 Å². The summed E-state index contributed by atoms with van der Waals surface area (Å²) in [4.78, 5) is -0.508. The van der Waals surface area contributed by atoms with Crippen molar-refractivity contribution >= 4 is 52.6 Å². The van der Waals surface area contributed by atoms with E-state index >= 15 is 0 Å². The summed E-state index contributed by atoms with van der Waals surface area (Å²) in [6.45, 7) is 4.54. The molecule has 0 aliphatic heterocycles. The Morgan fingerprint density at radius 1 is 1.16 bits per heavy atom. The molecule has 0 fully saturated rings. The van der Waals surface area contributed by atoms with E-state index in [-0.39, 0.29) is 15.2 Å². The number of rotatable bonds is 4. The van der Waals surface area contributed by atoms with Crippen LogP contribution >= 0.6 is 11.3 Å². The molecule has 134 valence electrons. The molecule has 0 saturated heterocycles. The quantitative estimate of drug-likeness (QED) is 0.408. The van der Waals surface area contributed by atoms with Gasteiger partial charge in [0.2, 0.25) is 10.5 Å². The largest absolute Gasteiger partial charge is 0.297 e. The predicted molar refractivity (Wildman–Crippen MR) is 93.9 cm³/mol. The molecule has 0 atom stereocenters. The van der Waals surface area contributed by atoms with Crippen LogP contribution in [-0.2, 0) is 31.0 Å². The number of benzene rings is 2. The second-order valence-corrected chi connectivity index (χ2v) is 9.70. The van der Waals surface area contributed by atoms with E-state index < -0.39 is 20.2 Å². The standard InChI is InChI=1S/C15H15NO6S3/c1-4-16-9(2)23-15-11-6-5-10(24(17,18)19)7-12(11)14(8-13(15)16)25(20,21)22-3/h5-8H,4H2,1-3H3/p+1. The summed E-state index contributed by atoms with van der Waals surface area (Å²) in [5, 5.41) is 1.76. The fraction of sp³-hybridized carbons (Fsp3) is 0.267. The maximum Gasteiger partial charge on any atom is 0.297 e. The lowest BCUT2D eigenvalue weighted by molar-refractivity contribution is -0.669. The van der Waals surface area contributed by atoms with Crippen LogP contribution < -0.4 is 4.57 Å². The molecule has 7 nitrogen and oxygen atoms in total. The summed E-state index contributed by atoms with van der Waals surface area (Å²) in [5.41, 5.74) is 0.729. The van der Waals surface area contributed by atoms with Crippen LogP contribution in [-0.4, -0.2) is 28.5 Å². The van der Waals surface area contributed by atoms with Gasteiger partial charge in [0.15, 0.2) is 0 Å². The SMILES string of the molecule is CC[n+]1c(C)sc2c3ccc(S(=O)(=O)O)cc3c(S(=O)(=O)OC)cc21. The second-order valence-electron chi connectivity index (χ2n) is 5.39. The fourth-order valence-corrected chi connectivity index (χ4v) is 5.44. The third-order valence-electron chi connectivity index (χ3n) is 4.03. The average Bonchev–Trinajstić information content (AvgIpc) is 2.88. The van der Waals surface area contributed by atoms with E-state index in [1.807, 2.05) is 18.4 Å². The van der Waals surface area contributed by atoms with E-state index in [2.05, 4.69) is 4.18 Å². The Labute approximate surface area is 149 Å². The molecule has 3 rings (SSSR count). The molecule has 2 aromatic carbocycles. The van der Waals surface area contributed by atoms with Gasteiger partial charge in [-0.15, -0.1) is 0 Å². The molecule has 10 heteroatoms. The molecular weight excluding hydrogens is 386 g/mol. The lowest BCUT2D eigenvalue weighted by Crippen LogP contribution is -2.33. The molecule has 0 unspecified atom stereocenters. The first-order valence-electron chi connectivity index (χ1n) is 7.28. The molecule has 1 aromatic heterocycles. The van der Waals surface area contributed by atoms with Crippen LogP contribution in [0.25, 0.3) is 21.0 Å². The summed E-state index contributed by atoms with van der Waals surface area (Å²) in [6.07, 6.45) is 0. The Bertz CT molecular complexity index is 1210.